The van der Waals surface area contributed by atoms with Crippen LogP contribution < -0.4 is 0 Å². The van der Waals surface area contributed by atoms with Crippen molar-refractivity contribution >= 4 is 22.8 Å². The average molecular weight is 632 g/mol. The van der Waals surface area contributed by atoms with Crippen molar-refractivity contribution in [3.63, 3.8) is 0 Å². The molecule has 0 bridgehead atoms. The third-order valence-corrected chi connectivity index (χ3v) is 8.31. The summed E-state index contributed by atoms with van der Waals surface area (Å²) in [6, 6.07) is 14.3. The van der Waals surface area contributed by atoms with Crippen LogP contribution in [-0.2, 0) is 42.2 Å². The number of nitrogens with zero attached hydrogens (tertiary/aromatic N) is 2. The van der Waals surface area contributed by atoms with Gasteiger partial charge in [-0.15, -0.1) is 0 Å². The van der Waals surface area contributed by atoms with Crippen LogP contribution in [0.25, 0.3) is 0 Å². The van der Waals surface area contributed by atoms with E-state index in [0.717, 1.165) is 62.0 Å². The molecule has 3 heteroatoms. The molecule has 0 aromatic heterocycles. The number of hydrogen-bond acceptors (Lipinski definition) is 2. The van der Waals surface area contributed by atoms with E-state index in [9.17, 15) is 0 Å². The molecule has 0 amide bonds. The van der Waals surface area contributed by atoms with Crippen molar-refractivity contribution in [2.75, 3.05) is 0 Å². The average Bonchev–Trinajstić information content (AvgIpc) is 2.98. The largest absolute Gasteiger partial charge is 0.252 e. The quantitative estimate of drug-likeness (QED) is 0.0662. The van der Waals surface area contributed by atoms with Crippen LogP contribution in [0.5, 0.6) is 0 Å². The molecule has 0 heterocycles. The number of hydrogen-bond donors (Lipinski definition) is 0. The van der Waals surface area contributed by atoms with Gasteiger partial charge in [0.2, 0.25) is 0 Å². The van der Waals surface area contributed by atoms with Crippen LogP contribution in [0, 0.1) is 0 Å². The minimum atomic E-state index is 0. The zero-order valence-electron chi connectivity index (χ0n) is 28.8. The molecule has 2 aromatic carbocycles. The molecular weight excluding hydrogens is 567 g/mol. The fourth-order valence-corrected chi connectivity index (χ4v) is 5.78. The van der Waals surface area contributed by atoms with E-state index in [2.05, 4.69) is 77.9 Å². The molecule has 0 N–H and O–H groups in total. The smallest absolute Gasteiger partial charge is 0.0639 e. The van der Waals surface area contributed by atoms with Crippen LogP contribution >= 0.6 is 0 Å². The summed E-state index contributed by atoms with van der Waals surface area (Å²) in [7, 11) is 0. The monoisotopic (exact) mass is 630 g/mol. The van der Waals surface area contributed by atoms with Crippen LogP contribution in [0.1, 0.15) is 167 Å². The Bertz CT molecular complexity index is 1010. The third-order valence-electron chi connectivity index (χ3n) is 8.31. The maximum Gasteiger partial charge on any atom is 0.0639 e. The van der Waals surface area contributed by atoms with Gasteiger partial charge < -0.3 is 0 Å². The van der Waals surface area contributed by atoms with E-state index in [-0.39, 0.29) is 16.5 Å². The predicted molar refractivity (Wildman–Crippen MR) is 190 cm³/mol. The normalized spacial score (nSPS) is 12.0. The van der Waals surface area contributed by atoms with Gasteiger partial charge in [0.05, 0.1) is 22.8 Å². The van der Waals surface area contributed by atoms with E-state index < -0.39 is 0 Å². The van der Waals surface area contributed by atoms with Gasteiger partial charge in [0.25, 0.3) is 0 Å². The molecule has 0 unspecified atom stereocenters. The minimum absolute atomic E-state index is 0. The molecule has 0 spiro atoms. The first kappa shape index (κ1) is 39.3. The Hall–Kier alpha value is -1.73. The van der Waals surface area contributed by atoms with Crippen LogP contribution in [0.4, 0.5) is 11.4 Å². The van der Waals surface area contributed by atoms with Crippen molar-refractivity contribution in [3.8, 4) is 0 Å². The second-order valence-corrected chi connectivity index (χ2v) is 12.4. The summed E-state index contributed by atoms with van der Waals surface area (Å²) in [6.07, 6.45) is 24.1. The maximum atomic E-state index is 5.39. The summed E-state index contributed by atoms with van der Waals surface area (Å²) < 4.78 is 0. The summed E-state index contributed by atoms with van der Waals surface area (Å²) in [5, 5.41) is 0. The molecule has 0 atom stereocenters. The summed E-state index contributed by atoms with van der Waals surface area (Å²) in [4.78, 5) is 10.7. The Morgan fingerprint density at radius 2 is 0.744 bits per heavy atom. The van der Waals surface area contributed by atoms with Gasteiger partial charge in [-0.25, -0.2) is 0 Å². The second kappa shape index (κ2) is 24.6. The number of aryl methyl sites for hydroxylation is 4. The Morgan fingerprint density at radius 1 is 0.419 bits per heavy atom. The van der Waals surface area contributed by atoms with Gasteiger partial charge >= 0.3 is 0 Å². The molecule has 0 saturated carbocycles. The van der Waals surface area contributed by atoms with Gasteiger partial charge in [-0.1, -0.05) is 111 Å². The van der Waals surface area contributed by atoms with Gasteiger partial charge in [0.1, 0.15) is 0 Å². The maximum absolute atomic E-state index is 5.39. The van der Waals surface area contributed by atoms with E-state index in [0.29, 0.717) is 0 Å². The van der Waals surface area contributed by atoms with Gasteiger partial charge in [0, 0.05) is 16.5 Å². The molecule has 0 aliphatic carbocycles. The van der Waals surface area contributed by atoms with E-state index in [1.807, 2.05) is 0 Å². The first-order chi connectivity index (χ1) is 20.6. The molecule has 2 aromatic rings. The second-order valence-electron chi connectivity index (χ2n) is 12.4. The van der Waals surface area contributed by atoms with Gasteiger partial charge in [-0.3, -0.25) is 9.98 Å². The van der Waals surface area contributed by atoms with Crippen LogP contribution in [0.15, 0.2) is 46.4 Å². The van der Waals surface area contributed by atoms with Crippen LogP contribution in [-0.4, -0.2) is 11.4 Å². The number of aliphatic imine (C=N–C) groups is 2. The van der Waals surface area contributed by atoms with Gasteiger partial charge in [-0.05, 0) is 117 Å². The fraction of sp³-hybridized carbons (Fsp3) is 0.650. The van der Waals surface area contributed by atoms with Crippen molar-refractivity contribution in [1.29, 1.82) is 0 Å². The zero-order valence-corrected chi connectivity index (χ0v) is 29.8. The minimum Gasteiger partial charge on any atom is -0.252 e. The molecule has 2 nitrogen and oxygen atoms in total. The molecule has 2 rings (SSSR count). The molecular formula is C40H64N2Ni. The Balaban J connectivity index is 0.00000924. The Labute approximate surface area is 277 Å². The van der Waals surface area contributed by atoms with E-state index >= 15 is 0 Å². The molecule has 0 aliphatic heterocycles. The van der Waals surface area contributed by atoms with Crippen molar-refractivity contribution in [3.05, 3.63) is 58.7 Å². The van der Waals surface area contributed by atoms with Crippen molar-refractivity contribution < 1.29 is 16.5 Å². The predicted octanol–water partition coefficient (Wildman–Crippen LogP) is 13.1. The van der Waals surface area contributed by atoms with Crippen molar-refractivity contribution in [1.82, 2.24) is 0 Å². The molecule has 0 fully saturated rings. The summed E-state index contributed by atoms with van der Waals surface area (Å²) >= 11 is 0. The summed E-state index contributed by atoms with van der Waals surface area (Å²) in [5.41, 5.74) is 10.4. The molecule has 0 aliphatic rings. The van der Waals surface area contributed by atoms with Gasteiger partial charge in [0.15, 0.2) is 0 Å². The van der Waals surface area contributed by atoms with E-state index in [1.54, 1.807) is 0 Å². The van der Waals surface area contributed by atoms with Crippen LogP contribution in [0.3, 0.4) is 0 Å². The SMILES string of the molecule is CCCCCc1cc(CCCCC)cc(N=C(CC)C(CCCC)=Nc2cc(CCCCC)cc(CCCCC)c2)c1.[Ni]. The summed E-state index contributed by atoms with van der Waals surface area (Å²) in [6.45, 7) is 13.7. The topological polar surface area (TPSA) is 24.7 Å². The molecule has 244 valence electrons. The first-order valence-corrected chi connectivity index (χ1v) is 18.0. The van der Waals surface area contributed by atoms with Gasteiger partial charge in [-0.2, -0.15) is 0 Å². The zero-order chi connectivity index (χ0) is 30.4. The standard InChI is InChI=1S/C40H64N2.Ni/c1-7-13-18-22-33-27-34(23-19-14-8-2)30-37(29-33)41-39(12-6)40(26-17-11-5)42-38-31-35(24-20-15-9-3)28-36(32-38)25-21-16-10-4;/h27-32H,7-26H2,1-6H3;. The number of rotatable bonds is 23. The van der Waals surface area contributed by atoms with Crippen LogP contribution in [0.2, 0.25) is 0 Å². The molecule has 0 radical (unpaired) electrons. The number of unbranched alkanes of at least 4 members (excludes halogenated alkanes) is 9. The van der Waals surface area contributed by atoms with Crippen molar-refractivity contribution in [2.45, 2.75) is 170 Å². The molecule has 43 heavy (non-hydrogen) atoms. The Kier molecular flexibility index (Phi) is 22.5. The van der Waals surface area contributed by atoms with E-state index in [4.69, 9.17) is 9.98 Å². The Morgan fingerprint density at radius 3 is 1.05 bits per heavy atom. The molecule has 0 saturated heterocycles. The number of benzene rings is 2. The third kappa shape index (κ3) is 16.2. The van der Waals surface area contributed by atoms with Crippen molar-refractivity contribution in [2.24, 2.45) is 9.98 Å². The van der Waals surface area contributed by atoms with E-state index in [1.165, 1.54) is 111 Å². The first-order valence-electron chi connectivity index (χ1n) is 18.0. The fourth-order valence-electron chi connectivity index (χ4n) is 5.78. The summed E-state index contributed by atoms with van der Waals surface area (Å²) in [5.74, 6) is 0.